The van der Waals surface area contributed by atoms with Crippen molar-refractivity contribution in [3.63, 3.8) is 0 Å². The molecule has 0 saturated heterocycles. The molecular formula is C12H8BrNO5. The van der Waals surface area contributed by atoms with E-state index in [0.717, 1.165) is 0 Å². The number of carbonyl (C=O) groups is 1. The number of furan rings is 1. The molecule has 98 valence electrons. The molecule has 0 saturated carbocycles. The summed E-state index contributed by atoms with van der Waals surface area (Å²) in [6, 6.07) is 5.87. The Balaban J connectivity index is 2.43. The van der Waals surface area contributed by atoms with Crippen LogP contribution in [-0.2, 0) is 0 Å². The van der Waals surface area contributed by atoms with Crippen LogP contribution in [0.25, 0.3) is 0 Å². The van der Waals surface area contributed by atoms with E-state index >= 15 is 0 Å². The largest absolute Gasteiger partial charge is 0.422 e. The van der Waals surface area contributed by atoms with Gasteiger partial charge in [0.25, 0.3) is 5.95 Å². The highest BCUT2D eigenvalue weighted by molar-refractivity contribution is 9.10. The first-order chi connectivity index (χ1) is 9.01. The lowest BCUT2D eigenvalue weighted by molar-refractivity contribution is -0.385. The number of rotatable bonds is 4. The maximum absolute atomic E-state index is 11.0. The molecular weight excluding hydrogens is 318 g/mol. The highest BCUT2D eigenvalue weighted by atomic mass is 79.9. The monoisotopic (exact) mass is 325 g/mol. The number of aldehydes is 1. The molecule has 19 heavy (non-hydrogen) atoms. The molecule has 0 unspecified atom stereocenters. The molecule has 0 bridgehead atoms. The smallest absolute Gasteiger partial charge is 0.313 e. The lowest BCUT2D eigenvalue weighted by Gasteiger charge is -2.07. The average molecular weight is 326 g/mol. The van der Waals surface area contributed by atoms with Crippen molar-refractivity contribution in [2.45, 2.75) is 6.92 Å². The lowest BCUT2D eigenvalue weighted by atomic mass is 10.2. The summed E-state index contributed by atoms with van der Waals surface area (Å²) in [7, 11) is 0. The van der Waals surface area contributed by atoms with E-state index < -0.39 is 4.92 Å². The maximum atomic E-state index is 11.0. The second-order valence-electron chi connectivity index (χ2n) is 3.70. The fourth-order valence-corrected chi connectivity index (χ4v) is 2.09. The van der Waals surface area contributed by atoms with E-state index in [1.54, 1.807) is 13.0 Å². The summed E-state index contributed by atoms with van der Waals surface area (Å²) in [5.41, 5.74) is 0.390. The number of aryl methyl sites for hydroxylation is 1. The molecule has 7 heteroatoms. The first kappa shape index (κ1) is 13.3. The molecule has 0 fully saturated rings. The number of nitrogens with zero attached hydrogens (tertiary/aromatic N) is 1. The van der Waals surface area contributed by atoms with Gasteiger partial charge < -0.3 is 9.15 Å². The van der Waals surface area contributed by atoms with Gasteiger partial charge in [-0.15, -0.1) is 0 Å². The Morgan fingerprint density at radius 3 is 2.74 bits per heavy atom. The average Bonchev–Trinajstić information content (AvgIpc) is 2.79. The minimum atomic E-state index is -0.545. The van der Waals surface area contributed by atoms with Crippen LogP contribution in [0.2, 0.25) is 0 Å². The Labute approximate surface area is 116 Å². The van der Waals surface area contributed by atoms with E-state index in [0.29, 0.717) is 16.3 Å². The molecule has 2 aromatic rings. The molecule has 2 rings (SSSR count). The zero-order valence-corrected chi connectivity index (χ0v) is 11.3. The fraction of sp³-hybridized carbons (Fsp3) is 0.0833. The molecule has 0 N–H and O–H groups in total. The first-order valence-corrected chi connectivity index (χ1v) is 5.98. The molecule has 1 heterocycles. The van der Waals surface area contributed by atoms with Crippen LogP contribution in [0.5, 0.6) is 11.7 Å². The van der Waals surface area contributed by atoms with E-state index in [2.05, 4.69) is 15.9 Å². The molecule has 0 aliphatic heterocycles. The summed E-state index contributed by atoms with van der Waals surface area (Å²) < 4.78 is 11.0. The van der Waals surface area contributed by atoms with Gasteiger partial charge in [-0.2, -0.15) is 0 Å². The second kappa shape index (κ2) is 5.23. The Morgan fingerprint density at radius 1 is 1.42 bits per heavy atom. The van der Waals surface area contributed by atoms with E-state index in [1.165, 1.54) is 18.2 Å². The summed E-state index contributed by atoms with van der Waals surface area (Å²) in [6.45, 7) is 1.68. The van der Waals surface area contributed by atoms with Crippen LogP contribution < -0.4 is 4.74 Å². The predicted molar refractivity (Wildman–Crippen MR) is 69.7 cm³/mol. The van der Waals surface area contributed by atoms with Gasteiger partial charge in [-0.05, 0) is 19.1 Å². The highest BCUT2D eigenvalue weighted by Crippen LogP contribution is 2.37. The van der Waals surface area contributed by atoms with Gasteiger partial charge in [0.2, 0.25) is 5.75 Å². The van der Waals surface area contributed by atoms with Crippen molar-refractivity contribution in [1.29, 1.82) is 0 Å². The summed E-state index contributed by atoms with van der Waals surface area (Å²) in [5.74, 6) is 0.197. The van der Waals surface area contributed by atoms with Gasteiger partial charge in [-0.3, -0.25) is 14.9 Å². The van der Waals surface area contributed by atoms with E-state index in [9.17, 15) is 14.9 Å². The molecule has 0 aliphatic carbocycles. The molecule has 0 spiro atoms. The van der Waals surface area contributed by atoms with Crippen molar-refractivity contribution in [3.05, 3.63) is 50.2 Å². The summed E-state index contributed by atoms with van der Waals surface area (Å²) in [6.07, 6.45) is 0.524. The third-order valence-corrected chi connectivity index (χ3v) is 2.80. The molecule has 0 radical (unpaired) electrons. The fourth-order valence-electron chi connectivity index (χ4n) is 1.53. The van der Waals surface area contributed by atoms with Gasteiger partial charge in [-0.25, -0.2) is 0 Å². The molecule has 0 amide bonds. The SMILES string of the molecule is Cc1cc(Br)cc([N+](=O)[O-])c1Oc1ccc(C=O)o1. The summed E-state index contributed by atoms with van der Waals surface area (Å²) in [4.78, 5) is 20.9. The number of benzene rings is 1. The molecule has 0 aliphatic rings. The quantitative estimate of drug-likeness (QED) is 0.484. The Bertz CT molecular complexity index is 650. The minimum Gasteiger partial charge on any atom is -0.422 e. The van der Waals surface area contributed by atoms with Crippen LogP contribution in [0, 0.1) is 17.0 Å². The van der Waals surface area contributed by atoms with E-state index in [-0.39, 0.29) is 23.1 Å². The Kier molecular flexibility index (Phi) is 3.66. The normalized spacial score (nSPS) is 10.2. The van der Waals surface area contributed by atoms with Crippen molar-refractivity contribution in [2.24, 2.45) is 0 Å². The molecule has 0 atom stereocenters. The van der Waals surface area contributed by atoms with E-state index in [1.807, 2.05) is 0 Å². The van der Waals surface area contributed by atoms with Crippen molar-refractivity contribution in [2.75, 3.05) is 0 Å². The number of carbonyl (C=O) groups excluding carboxylic acids is 1. The van der Waals surface area contributed by atoms with Crippen molar-refractivity contribution < 1.29 is 18.9 Å². The van der Waals surface area contributed by atoms with Crippen molar-refractivity contribution in [1.82, 2.24) is 0 Å². The summed E-state index contributed by atoms with van der Waals surface area (Å²) >= 11 is 3.19. The first-order valence-electron chi connectivity index (χ1n) is 5.18. The Morgan fingerprint density at radius 2 is 2.16 bits per heavy atom. The maximum Gasteiger partial charge on any atom is 0.313 e. The van der Waals surface area contributed by atoms with Gasteiger partial charge >= 0.3 is 5.69 Å². The Hall–Kier alpha value is -2.15. The van der Waals surface area contributed by atoms with Gasteiger partial charge in [0.15, 0.2) is 12.0 Å². The number of hydrogen-bond acceptors (Lipinski definition) is 5. The highest BCUT2D eigenvalue weighted by Gasteiger charge is 2.20. The van der Waals surface area contributed by atoms with Gasteiger partial charge in [-0.1, -0.05) is 15.9 Å². The standard InChI is InChI=1S/C12H8BrNO5/c1-7-4-8(13)5-10(14(16)17)12(7)19-11-3-2-9(6-15)18-11/h2-6H,1H3. The predicted octanol–water partition coefficient (Wildman–Crippen LogP) is 3.86. The number of halogens is 1. The molecule has 1 aromatic heterocycles. The van der Waals surface area contributed by atoms with Crippen LogP contribution in [0.15, 0.2) is 33.2 Å². The van der Waals surface area contributed by atoms with Crippen LogP contribution in [0.3, 0.4) is 0 Å². The number of nitro benzene ring substituents is 1. The van der Waals surface area contributed by atoms with Crippen LogP contribution in [-0.4, -0.2) is 11.2 Å². The second-order valence-corrected chi connectivity index (χ2v) is 4.62. The molecule has 1 aromatic carbocycles. The third kappa shape index (κ3) is 2.82. The van der Waals surface area contributed by atoms with Gasteiger partial charge in [0.05, 0.1) is 4.92 Å². The number of ether oxygens (including phenoxy) is 1. The van der Waals surface area contributed by atoms with Gasteiger partial charge in [0, 0.05) is 22.2 Å². The minimum absolute atomic E-state index is 0.0237. The lowest BCUT2D eigenvalue weighted by Crippen LogP contribution is -1.95. The zero-order chi connectivity index (χ0) is 14.0. The van der Waals surface area contributed by atoms with Crippen LogP contribution in [0.4, 0.5) is 5.69 Å². The zero-order valence-electron chi connectivity index (χ0n) is 9.75. The van der Waals surface area contributed by atoms with Crippen LogP contribution >= 0.6 is 15.9 Å². The number of nitro groups is 1. The molecule has 6 nitrogen and oxygen atoms in total. The van der Waals surface area contributed by atoms with Crippen molar-refractivity contribution in [3.8, 4) is 11.7 Å². The third-order valence-electron chi connectivity index (χ3n) is 2.34. The number of hydrogen-bond donors (Lipinski definition) is 0. The van der Waals surface area contributed by atoms with Crippen LogP contribution in [0.1, 0.15) is 16.1 Å². The topological polar surface area (TPSA) is 82.6 Å². The summed E-state index contributed by atoms with van der Waals surface area (Å²) in [5, 5.41) is 11.0. The van der Waals surface area contributed by atoms with E-state index in [4.69, 9.17) is 9.15 Å². The van der Waals surface area contributed by atoms with Crippen molar-refractivity contribution >= 4 is 27.9 Å². The van der Waals surface area contributed by atoms with Gasteiger partial charge in [0.1, 0.15) is 0 Å².